The molecule has 0 aliphatic rings. The van der Waals surface area contributed by atoms with Crippen LogP contribution in [0.25, 0.3) is 0 Å². The summed E-state index contributed by atoms with van der Waals surface area (Å²) >= 11 is 1.19. The number of aromatic carboxylic acids is 1. The standard InChI is InChI=1S/C12H12N2O4S2/c1-2-9-4-6-11(19-9)20(17,18)14-10-5-3-8(7-13-10)12(15)16/h3-7H,2H2,1H3,(H,13,14)(H,15,16). The molecule has 2 heterocycles. The minimum Gasteiger partial charge on any atom is -0.478 e. The van der Waals surface area contributed by atoms with Gasteiger partial charge in [-0.05, 0) is 30.7 Å². The monoisotopic (exact) mass is 312 g/mol. The maximum absolute atomic E-state index is 12.1. The number of rotatable bonds is 5. The van der Waals surface area contributed by atoms with Crippen LogP contribution in [-0.4, -0.2) is 24.5 Å². The molecular formula is C12H12N2O4S2. The zero-order valence-electron chi connectivity index (χ0n) is 10.5. The average molecular weight is 312 g/mol. The van der Waals surface area contributed by atoms with Crippen molar-refractivity contribution in [1.29, 1.82) is 0 Å². The summed E-state index contributed by atoms with van der Waals surface area (Å²) in [6.45, 7) is 1.95. The van der Waals surface area contributed by atoms with Gasteiger partial charge < -0.3 is 5.11 Å². The number of hydrogen-bond acceptors (Lipinski definition) is 5. The van der Waals surface area contributed by atoms with Crippen LogP contribution in [0.15, 0.2) is 34.7 Å². The van der Waals surface area contributed by atoms with Crippen LogP contribution < -0.4 is 4.72 Å². The van der Waals surface area contributed by atoms with Gasteiger partial charge in [-0.3, -0.25) is 4.72 Å². The molecule has 106 valence electrons. The molecule has 20 heavy (non-hydrogen) atoms. The Kier molecular flexibility index (Phi) is 4.05. The van der Waals surface area contributed by atoms with Gasteiger partial charge in [0.2, 0.25) is 0 Å². The fourth-order valence-corrected chi connectivity index (χ4v) is 3.77. The first-order chi connectivity index (χ1) is 9.42. The lowest BCUT2D eigenvalue weighted by Gasteiger charge is -2.05. The minimum atomic E-state index is -3.68. The highest BCUT2D eigenvalue weighted by Crippen LogP contribution is 2.23. The molecule has 0 aliphatic heterocycles. The highest BCUT2D eigenvalue weighted by atomic mass is 32.2. The Morgan fingerprint density at radius 2 is 2.10 bits per heavy atom. The van der Waals surface area contributed by atoms with Gasteiger partial charge in [-0.1, -0.05) is 6.92 Å². The summed E-state index contributed by atoms with van der Waals surface area (Å²) in [7, 11) is -3.68. The lowest BCUT2D eigenvalue weighted by molar-refractivity contribution is 0.0696. The largest absolute Gasteiger partial charge is 0.478 e. The van der Waals surface area contributed by atoms with E-state index in [1.165, 1.54) is 29.5 Å². The maximum atomic E-state index is 12.1. The fourth-order valence-electron chi connectivity index (χ4n) is 1.46. The minimum absolute atomic E-state index is 0.00246. The third-order valence-corrected chi connectivity index (χ3v) is 5.58. The molecule has 0 saturated carbocycles. The van der Waals surface area contributed by atoms with Gasteiger partial charge in [0.25, 0.3) is 10.0 Å². The van der Waals surface area contributed by atoms with Gasteiger partial charge in [0.05, 0.1) is 5.56 Å². The lowest BCUT2D eigenvalue weighted by Crippen LogP contribution is -2.12. The molecule has 0 aromatic carbocycles. The molecular weight excluding hydrogens is 300 g/mol. The molecule has 0 atom stereocenters. The van der Waals surface area contributed by atoms with E-state index in [4.69, 9.17) is 5.11 Å². The van der Waals surface area contributed by atoms with Crippen molar-refractivity contribution >= 4 is 33.1 Å². The van der Waals surface area contributed by atoms with Crippen molar-refractivity contribution in [3.63, 3.8) is 0 Å². The number of aromatic nitrogens is 1. The quantitative estimate of drug-likeness (QED) is 0.882. The second kappa shape index (κ2) is 5.59. The number of pyridine rings is 1. The zero-order chi connectivity index (χ0) is 14.8. The molecule has 2 rings (SSSR count). The third-order valence-electron chi connectivity index (χ3n) is 2.50. The second-order valence-electron chi connectivity index (χ2n) is 3.92. The maximum Gasteiger partial charge on any atom is 0.337 e. The van der Waals surface area contributed by atoms with Gasteiger partial charge in [-0.15, -0.1) is 11.3 Å². The van der Waals surface area contributed by atoms with E-state index in [1.54, 1.807) is 6.07 Å². The van der Waals surface area contributed by atoms with E-state index in [-0.39, 0.29) is 15.6 Å². The summed E-state index contributed by atoms with van der Waals surface area (Å²) in [6, 6.07) is 5.91. The van der Waals surface area contributed by atoms with E-state index in [1.807, 2.05) is 6.92 Å². The fraction of sp³-hybridized carbons (Fsp3) is 0.167. The summed E-state index contributed by atoms with van der Waals surface area (Å²) in [5.74, 6) is -1.03. The summed E-state index contributed by atoms with van der Waals surface area (Å²) < 4.78 is 26.7. The van der Waals surface area contributed by atoms with Gasteiger partial charge in [0.15, 0.2) is 0 Å². The molecule has 0 amide bonds. The van der Waals surface area contributed by atoms with Gasteiger partial charge in [-0.25, -0.2) is 18.2 Å². The number of carbonyl (C=O) groups is 1. The number of carboxylic acid groups (broad SMARTS) is 1. The highest BCUT2D eigenvalue weighted by molar-refractivity contribution is 7.94. The summed E-state index contributed by atoms with van der Waals surface area (Å²) in [4.78, 5) is 15.4. The molecule has 0 fully saturated rings. The summed E-state index contributed by atoms with van der Waals surface area (Å²) in [6.07, 6.45) is 1.87. The van der Waals surface area contributed by atoms with E-state index in [0.717, 1.165) is 17.5 Å². The number of hydrogen-bond donors (Lipinski definition) is 2. The first kappa shape index (κ1) is 14.5. The molecule has 0 spiro atoms. The first-order valence-corrected chi connectivity index (χ1v) is 8.03. The normalized spacial score (nSPS) is 11.2. The van der Waals surface area contributed by atoms with Crippen LogP contribution in [-0.2, 0) is 16.4 Å². The van der Waals surface area contributed by atoms with E-state index in [2.05, 4.69) is 9.71 Å². The van der Waals surface area contributed by atoms with Crippen LogP contribution in [0.1, 0.15) is 22.2 Å². The van der Waals surface area contributed by atoms with Crippen molar-refractivity contribution < 1.29 is 18.3 Å². The van der Waals surface area contributed by atoms with Crippen molar-refractivity contribution in [2.24, 2.45) is 0 Å². The zero-order valence-corrected chi connectivity index (χ0v) is 12.2. The molecule has 0 radical (unpaired) electrons. The highest BCUT2D eigenvalue weighted by Gasteiger charge is 2.17. The van der Waals surface area contributed by atoms with Gasteiger partial charge >= 0.3 is 5.97 Å². The van der Waals surface area contributed by atoms with Crippen molar-refractivity contribution in [2.45, 2.75) is 17.6 Å². The number of sulfonamides is 1. The van der Waals surface area contributed by atoms with E-state index >= 15 is 0 Å². The number of nitrogens with zero attached hydrogens (tertiary/aromatic N) is 1. The molecule has 0 aliphatic carbocycles. The first-order valence-electron chi connectivity index (χ1n) is 5.73. The Morgan fingerprint density at radius 1 is 1.35 bits per heavy atom. The average Bonchev–Trinajstić information content (AvgIpc) is 2.88. The SMILES string of the molecule is CCc1ccc(S(=O)(=O)Nc2ccc(C(=O)O)cn2)s1. The number of anilines is 1. The van der Waals surface area contributed by atoms with E-state index < -0.39 is 16.0 Å². The number of carboxylic acids is 1. The third kappa shape index (κ3) is 3.14. The Balaban J connectivity index is 2.21. The van der Waals surface area contributed by atoms with Crippen molar-refractivity contribution in [3.05, 3.63) is 40.9 Å². The van der Waals surface area contributed by atoms with Gasteiger partial charge in [0.1, 0.15) is 10.0 Å². The predicted octanol–water partition coefficient (Wildman–Crippen LogP) is 2.20. The lowest BCUT2D eigenvalue weighted by atomic mass is 10.3. The molecule has 0 saturated heterocycles. The number of aryl methyl sites for hydroxylation is 1. The van der Waals surface area contributed by atoms with Crippen LogP contribution >= 0.6 is 11.3 Å². The number of nitrogens with one attached hydrogen (secondary N) is 1. The molecule has 0 bridgehead atoms. The smallest absolute Gasteiger partial charge is 0.337 e. The van der Waals surface area contributed by atoms with Gasteiger partial charge in [0, 0.05) is 11.1 Å². The molecule has 2 N–H and O–H groups in total. The Morgan fingerprint density at radius 3 is 2.60 bits per heavy atom. The van der Waals surface area contributed by atoms with Gasteiger partial charge in [-0.2, -0.15) is 0 Å². The van der Waals surface area contributed by atoms with E-state index in [9.17, 15) is 13.2 Å². The predicted molar refractivity (Wildman–Crippen MR) is 75.7 cm³/mol. The van der Waals surface area contributed by atoms with Crippen LogP contribution in [0, 0.1) is 0 Å². The molecule has 8 heteroatoms. The van der Waals surface area contributed by atoms with Crippen LogP contribution in [0.2, 0.25) is 0 Å². The molecule has 2 aromatic heterocycles. The van der Waals surface area contributed by atoms with Crippen molar-refractivity contribution in [1.82, 2.24) is 4.98 Å². The number of thiophene rings is 1. The van der Waals surface area contributed by atoms with Crippen LogP contribution in [0.4, 0.5) is 5.82 Å². The summed E-state index contributed by atoms with van der Waals surface area (Å²) in [5, 5.41) is 8.74. The van der Waals surface area contributed by atoms with Crippen LogP contribution in [0.3, 0.4) is 0 Å². The van der Waals surface area contributed by atoms with E-state index in [0.29, 0.717) is 0 Å². The molecule has 6 nitrogen and oxygen atoms in total. The Hall–Kier alpha value is -1.93. The van der Waals surface area contributed by atoms with Crippen molar-refractivity contribution in [2.75, 3.05) is 4.72 Å². The van der Waals surface area contributed by atoms with Crippen LogP contribution in [0.5, 0.6) is 0 Å². The Labute approximate surface area is 120 Å². The molecule has 0 unspecified atom stereocenters. The molecule has 2 aromatic rings. The topological polar surface area (TPSA) is 96.4 Å². The Bertz CT molecular complexity index is 720. The summed E-state index contributed by atoms with van der Waals surface area (Å²) in [5.41, 5.74) is -0.00246. The second-order valence-corrected chi connectivity index (χ2v) is 6.99. The van der Waals surface area contributed by atoms with Crippen molar-refractivity contribution in [3.8, 4) is 0 Å².